The molecule has 6 nitrogen and oxygen atoms in total. The van der Waals surface area contributed by atoms with E-state index >= 15 is 0 Å². The molecule has 4 rings (SSSR count). The lowest BCUT2D eigenvalue weighted by atomic mass is 9.71. The monoisotopic (exact) mass is 371 g/mol. The summed E-state index contributed by atoms with van der Waals surface area (Å²) in [4.78, 5) is 29.6. The van der Waals surface area contributed by atoms with Crippen molar-refractivity contribution in [3.63, 3.8) is 0 Å². The van der Waals surface area contributed by atoms with Gasteiger partial charge in [0, 0.05) is 37.8 Å². The molecular formula is C21H29N3O3. The van der Waals surface area contributed by atoms with E-state index in [2.05, 4.69) is 36.1 Å². The molecule has 2 N–H and O–H groups in total. The minimum Gasteiger partial charge on any atom is -0.368 e. The van der Waals surface area contributed by atoms with E-state index in [4.69, 9.17) is 5.21 Å². The number of benzene rings is 1. The molecule has 6 heteroatoms. The minimum atomic E-state index is -0.395. The predicted molar refractivity (Wildman–Crippen MR) is 102 cm³/mol. The predicted octanol–water partition coefficient (Wildman–Crippen LogP) is 2.35. The molecule has 27 heavy (non-hydrogen) atoms. The third-order valence-electron chi connectivity index (χ3n) is 6.80. The van der Waals surface area contributed by atoms with E-state index in [1.54, 1.807) is 5.48 Å². The van der Waals surface area contributed by atoms with Gasteiger partial charge in [-0.2, -0.15) is 0 Å². The average Bonchev–Trinajstić information content (AvgIpc) is 3.45. The first-order chi connectivity index (χ1) is 13.0. The highest BCUT2D eigenvalue weighted by molar-refractivity contribution is 5.87. The SMILES string of the molecule is Cc1cccc(N2CCN(C(=O)[C@H]3CCC4(CC4)C[C@@H]3C(=O)NO)CC2)c1. The second-order valence-electron chi connectivity index (χ2n) is 8.58. The maximum atomic E-state index is 13.2. The molecular weight excluding hydrogens is 342 g/mol. The minimum absolute atomic E-state index is 0.0861. The van der Waals surface area contributed by atoms with Crippen LogP contribution in [0.1, 0.15) is 37.7 Å². The summed E-state index contributed by atoms with van der Waals surface area (Å²) in [5, 5.41) is 9.14. The molecule has 1 aliphatic heterocycles. The van der Waals surface area contributed by atoms with Gasteiger partial charge in [-0.15, -0.1) is 0 Å². The summed E-state index contributed by atoms with van der Waals surface area (Å²) in [6.07, 6.45) is 4.83. The van der Waals surface area contributed by atoms with E-state index in [9.17, 15) is 9.59 Å². The van der Waals surface area contributed by atoms with Crippen molar-refractivity contribution < 1.29 is 14.8 Å². The summed E-state index contributed by atoms with van der Waals surface area (Å²) in [6, 6.07) is 8.44. The maximum absolute atomic E-state index is 13.2. The van der Waals surface area contributed by atoms with Gasteiger partial charge in [0.1, 0.15) is 0 Å². The molecule has 2 aliphatic carbocycles. The highest BCUT2D eigenvalue weighted by Crippen LogP contribution is 2.59. The van der Waals surface area contributed by atoms with Gasteiger partial charge >= 0.3 is 0 Å². The van der Waals surface area contributed by atoms with Crippen molar-refractivity contribution in [2.45, 2.75) is 39.0 Å². The lowest BCUT2D eigenvalue weighted by Crippen LogP contribution is -2.53. The van der Waals surface area contributed by atoms with Crippen LogP contribution in [0.4, 0.5) is 5.69 Å². The van der Waals surface area contributed by atoms with Gasteiger partial charge < -0.3 is 9.80 Å². The molecule has 146 valence electrons. The largest absolute Gasteiger partial charge is 0.368 e. The lowest BCUT2D eigenvalue weighted by molar-refractivity contribution is -0.148. The van der Waals surface area contributed by atoms with Crippen LogP contribution in [0.3, 0.4) is 0 Å². The van der Waals surface area contributed by atoms with Gasteiger partial charge in [-0.3, -0.25) is 14.8 Å². The third-order valence-corrected chi connectivity index (χ3v) is 6.80. The fourth-order valence-corrected chi connectivity index (χ4v) is 4.90. The van der Waals surface area contributed by atoms with Gasteiger partial charge in [-0.05, 0) is 62.1 Å². The summed E-state index contributed by atoms with van der Waals surface area (Å²) in [6.45, 7) is 5.07. The molecule has 3 aliphatic rings. The fourth-order valence-electron chi connectivity index (χ4n) is 4.90. The molecule has 0 unspecified atom stereocenters. The van der Waals surface area contributed by atoms with Crippen LogP contribution >= 0.6 is 0 Å². The van der Waals surface area contributed by atoms with Crippen LogP contribution in [-0.4, -0.2) is 48.1 Å². The number of amides is 2. The zero-order valence-electron chi connectivity index (χ0n) is 16.0. The van der Waals surface area contributed by atoms with E-state index in [0.717, 1.165) is 45.2 Å². The molecule has 3 fully saturated rings. The van der Waals surface area contributed by atoms with E-state index < -0.39 is 11.8 Å². The van der Waals surface area contributed by atoms with Gasteiger partial charge in [-0.25, -0.2) is 5.48 Å². The molecule has 1 aromatic rings. The number of carbonyl (C=O) groups is 2. The Kier molecular flexibility index (Phi) is 4.84. The summed E-state index contributed by atoms with van der Waals surface area (Å²) in [5.74, 6) is -0.997. The van der Waals surface area contributed by atoms with E-state index in [0.29, 0.717) is 13.1 Å². The van der Waals surface area contributed by atoms with Crippen LogP contribution in [-0.2, 0) is 9.59 Å². The van der Waals surface area contributed by atoms with Crippen molar-refractivity contribution in [1.82, 2.24) is 10.4 Å². The van der Waals surface area contributed by atoms with Crippen LogP contribution in [0.25, 0.3) is 0 Å². The topological polar surface area (TPSA) is 72.9 Å². The Labute approximate surface area is 160 Å². The van der Waals surface area contributed by atoms with Crippen LogP contribution in [0, 0.1) is 24.2 Å². The van der Waals surface area contributed by atoms with Crippen LogP contribution in [0.5, 0.6) is 0 Å². The first-order valence-electron chi connectivity index (χ1n) is 10.1. The van der Waals surface area contributed by atoms with Crippen molar-refractivity contribution in [3.8, 4) is 0 Å². The van der Waals surface area contributed by atoms with Crippen LogP contribution < -0.4 is 10.4 Å². The molecule has 0 radical (unpaired) electrons. The first-order valence-corrected chi connectivity index (χ1v) is 10.1. The maximum Gasteiger partial charge on any atom is 0.247 e. The smallest absolute Gasteiger partial charge is 0.247 e. The number of piperazine rings is 1. The molecule has 1 aromatic carbocycles. The Morgan fingerprint density at radius 3 is 2.48 bits per heavy atom. The number of rotatable bonds is 3. The van der Waals surface area contributed by atoms with Crippen molar-refractivity contribution >= 4 is 17.5 Å². The highest BCUT2D eigenvalue weighted by atomic mass is 16.5. The Morgan fingerprint density at radius 2 is 1.85 bits per heavy atom. The average molecular weight is 371 g/mol. The quantitative estimate of drug-likeness (QED) is 0.632. The van der Waals surface area contributed by atoms with E-state index in [-0.39, 0.29) is 17.2 Å². The van der Waals surface area contributed by atoms with Crippen molar-refractivity contribution in [2.24, 2.45) is 17.3 Å². The lowest BCUT2D eigenvalue weighted by Gasteiger charge is -2.41. The highest BCUT2D eigenvalue weighted by Gasteiger charge is 2.52. The molecule has 1 saturated heterocycles. The number of hydrogen-bond donors (Lipinski definition) is 2. The second kappa shape index (κ2) is 7.15. The number of aryl methyl sites for hydroxylation is 1. The Morgan fingerprint density at radius 1 is 1.11 bits per heavy atom. The second-order valence-corrected chi connectivity index (χ2v) is 8.58. The fraction of sp³-hybridized carbons (Fsp3) is 0.619. The molecule has 2 atom stereocenters. The molecule has 2 saturated carbocycles. The Bertz CT molecular complexity index is 723. The van der Waals surface area contributed by atoms with Crippen LogP contribution in [0.15, 0.2) is 24.3 Å². The zero-order chi connectivity index (χ0) is 19.0. The first kappa shape index (κ1) is 18.3. The normalized spacial score (nSPS) is 26.7. The van der Waals surface area contributed by atoms with Gasteiger partial charge in [0.25, 0.3) is 0 Å². The zero-order valence-corrected chi connectivity index (χ0v) is 16.0. The van der Waals surface area contributed by atoms with Gasteiger partial charge in [-0.1, -0.05) is 12.1 Å². The molecule has 0 aromatic heterocycles. The molecule has 2 amide bonds. The van der Waals surface area contributed by atoms with Crippen LogP contribution in [0.2, 0.25) is 0 Å². The van der Waals surface area contributed by atoms with Crippen molar-refractivity contribution in [3.05, 3.63) is 29.8 Å². The van der Waals surface area contributed by atoms with E-state index in [1.165, 1.54) is 11.3 Å². The number of nitrogens with zero attached hydrogens (tertiary/aromatic N) is 2. The number of hydroxylamine groups is 1. The molecule has 0 bridgehead atoms. The number of hydrogen-bond acceptors (Lipinski definition) is 4. The number of carbonyl (C=O) groups excluding carboxylic acids is 2. The van der Waals surface area contributed by atoms with Gasteiger partial charge in [0.05, 0.1) is 5.92 Å². The van der Waals surface area contributed by atoms with Crippen molar-refractivity contribution in [1.29, 1.82) is 0 Å². The van der Waals surface area contributed by atoms with Gasteiger partial charge in [0.15, 0.2) is 0 Å². The summed E-state index contributed by atoms with van der Waals surface area (Å²) in [7, 11) is 0. The summed E-state index contributed by atoms with van der Waals surface area (Å²) in [5.41, 5.74) is 4.50. The Balaban J connectivity index is 1.40. The third kappa shape index (κ3) is 3.68. The molecule has 1 heterocycles. The molecule has 1 spiro atoms. The van der Waals surface area contributed by atoms with Gasteiger partial charge in [0.2, 0.25) is 11.8 Å². The summed E-state index contributed by atoms with van der Waals surface area (Å²) < 4.78 is 0. The number of anilines is 1. The van der Waals surface area contributed by atoms with E-state index in [1.807, 2.05) is 4.90 Å². The number of nitrogens with one attached hydrogen (secondary N) is 1. The Hall–Kier alpha value is -2.08. The van der Waals surface area contributed by atoms with Crippen molar-refractivity contribution in [2.75, 3.05) is 31.1 Å². The summed E-state index contributed by atoms with van der Waals surface area (Å²) >= 11 is 0. The standard InChI is InChI=1S/C21H29N3O3/c1-15-3-2-4-16(13-15)23-9-11-24(12-10-23)20(26)17-5-6-21(7-8-21)14-18(17)19(25)22-27/h2-4,13,17-18,27H,5-12,14H2,1H3,(H,22,25)/t17-,18-/m0/s1.